The van der Waals surface area contributed by atoms with Crippen LogP contribution in [-0.4, -0.2) is 5.11 Å². The molecule has 2 aliphatic carbocycles. The lowest BCUT2D eigenvalue weighted by atomic mass is 9.55. The molecule has 1 heteroatoms. The minimum atomic E-state index is 0.310. The molecule has 0 heterocycles. The van der Waals surface area contributed by atoms with Crippen LogP contribution < -0.4 is 0 Å². The molecule has 2 aliphatic rings. The molecule has 1 nitrogen and oxygen atoms in total. The van der Waals surface area contributed by atoms with Crippen LogP contribution >= 0.6 is 0 Å². The fourth-order valence-corrected chi connectivity index (χ4v) is 4.37. The third-order valence-electron chi connectivity index (χ3n) is 5.29. The number of benzene rings is 1. The highest BCUT2D eigenvalue weighted by Gasteiger charge is 2.44. The van der Waals surface area contributed by atoms with Crippen LogP contribution in [0.2, 0.25) is 0 Å². The van der Waals surface area contributed by atoms with E-state index in [0.717, 1.165) is 11.8 Å². The van der Waals surface area contributed by atoms with E-state index in [-0.39, 0.29) is 0 Å². The molecule has 92 valence electrons. The maximum Gasteiger partial charge on any atom is 0.115 e. The van der Waals surface area contributed by atoms with Crippen LogP contribution in [0.25, 0.3) is 0 Å². The number of rotatable bonds is 0. The Kier molecular flexibility index (Phi) is 2.46. The van der Waals surface area contributed by atoms with Gasteiger partial charge in [-0.1, -0.05) is 32.8 Å². The van der Waals surface area contributed by atoms with Crippen LogP contribution in [0.1, 0.15) is 50.7 Å². The van der Waals surface area contributed by atoms with Crippen molar-refractivity contribution in [3.8, 4) is 5.75 Å². The molecule has 1 aromatic rings. The Bertz CT molecular complexity index is 437. The van der Waals surface area contributed by atoms with Crippen LogP contribution in [0.4, 0.5) is 0 Å². The van der Waals surface area contributed by atoms with E-state index in [1.165, 1.54) is 43.2 Å². The molecule has 1 saturated carbocycles. The summed E-state index contributed by atoms with van der Waals surface area (Å²) in [5.41, 5.74) is 3.21. The SMILES string of the molecule is CC1CCC[C@]2(C)c3cc(O)ccc3CCC12. The van der Waals surface area contributed by atoms with E-state index in [0.29, 0.717) is 11.2 Å². The van der Waals surface area contributed by atoms with Crippen LogP contribution in [0.3, 0.4) is 0 Å². The molecule has 0 spiro atoms. The van der Waals surface area contributed by atoms with E-state index < -0.39 is 0 Å². The van der Waals surface area contributed by atoms with Gasteiger partial charge in [-0.25, -0.2) is 0 Å². The second-order valence-corrected chi connectivity index (χ2v) is 6.27. The molecule has 0 aromatic heterocycles. The summed E-state index contributed by atoms with van der Waals surface area (Å²) in [6, 6.07) is 6.00. The van der Waals surface area contributed by atoms with Gasteiger partial charge in [0.2, 0.25) is 0 Å². The largest absolute Gasteiger partial charge is 0.508 e. The number of aryl methyl sites for hydroxylation is 1. The van der Waals surface area contributed by atoms with Crippen molar-refractivity contribution < 1.29 is 5.11 Å². The van der Waals surface area contributed by atoms with Crippen LogP contribution in [-0.2, 0) is 11.8 Å². The van der Waals surface area contributed by atoms with Crippen molar-refractivity contribution in [2.24, 2.45) is 11.8 Å². The summed E-state index contributed by atoms with van der Waals surface area (Å²) >= 11 is 0. The molecule has 3 rings (SSSR count). The molecule has 0 bridgehead atoms. The number of aromatic hydroxyl groups is 1. The molecule has 1 N–H and O–H groups in total. The first-order valence-corrected chi connectivity index (χ1v) is 6.93. The van der Waals surface area contributed by atoms with Crippen LogP contribution in [0, 0.1) is 11.8 Å². The summed E-state index contributed by atoms with van der Waals surface area (Å²) in [6.45, 7) is 4.83. The molecular formula is C16H22O. The monoisotopic (exact) mass is 230 g/mol. The van der Waals surface area contributed by atoms with Gasteiger partial charge in [-0.05, 0) is 59.8 Å². The molecule has 0 radical (unpaired) electrons. The number of phenols is 1. The lowest BCUT2D eigenvalue weighted by molar-refractivity contribution is 0.117. The topological polar surface area (TPSA) is 20.2 Å². The smallest absolute Gasteiger partial charge is 0.115 e. The van der Waals surface area contributed by atoms with Gasteiger partial charge in [-0.2, -0.15) is 0 Å². The van der Waals surface area contributed by atoms with Crippen molar-refractivity contribution in [1.82, 2.24) is 0 Å². The van der Waals surface area contributed by atoms with E-state index in [2.05, 4.69) is 19.9 Å². The first-order valence-electron chi connectivity index (χ1n) is 6.93. The maximum atomic E-state index is 9.76. The van der Waals surface area contributed by atoms with Gasteiger partial charge in [0.15, 0.2) is 0 Å². The Labute approximate surface area is 104 Å². The highest BCUT2D eigenvalue weighted by atomic mass is 16.3. The van der Waals surface area contributed by atoms with E-state index in [9.17, 15) is 5.11 Å². The molecule has 0 aliphatic heterocycles. The van der Waals surface area contributed by atoms with E-state index in [1.807, 2.05) is 12.1 Å². The van der Waals surface area contributed by atoms with Crippen molar-refractivity contribution >= 4 is 0 Å². The Balaban J connectivity index is 2.11. The number of phenolic OH excluding ortho intramolecular Hbond substituents is 1. The average molecular weight is 230 g/mol. The van der Waals surface area contributed by atoms with Gasteiger partial charge in [-0.15, -0.1) is 0 Å². The predicted octanol–water partition coefficient (Wildman–Crippen LogP) is 4.03. The normalized spacial score (nSPS) is 36.1. The summed E-state index contributed by atoms with van der Waals surface area (Å²) in [5.74, 6) is 2.08. The summed E-state index contributed by atoms with van der Waals surface area (Å²) in [6.07, 6.45) is 6.53. The predicted molar refractivity (Wildman–Crippen MR) is 70.3 cm³/mol. The quantitative estimate of drug-likeness (QED) is 0.713. The summed E-state index contributed by atoms with van der Waals surface area (Å²) in [7, 11) is 0. The Morgan fingerprint density at radius 1 is 1.29 bits per heavy atom. The second kappa shape index (κ2) is 3.76. The highest BCUT2D eigenvalue weighted by molar-refractivity contribution is 5.42. The van der Waals surface area contributed by atoms with Crippen LogP contribution in [0.5, 0.6) is 5.75 Å². The molecule has 17 heavy (non-hydrogen) atoms. The van der Waals surface area contributed by atoms with E-state index >= 15 is 0 Å². The minimum Gasteiger partial charge on any atom is -0.508 e. The second-order valence-electron chi connectivity index (χ2n) is 6.27. The molecule has 0 saturated heterocycles. The lowest BCUT2D eigenvalue weighted by Crippen LogP contribution is -2.43. The summed E-state index contributed by atoms with van der Waals surface area (Å²) in [4.78, 5) is 0. The molecule has 1 fully saturated rings. The molecule has 1 aromatic carbocycles. The van der Waals surface area contributed by atoms with Crippen LogP contribution in [0.15, 0.2) is 18.2 Å². The van der Waals surface area contributed by atoms with Crippen molar-refractivity contribution in [1.29, 1.82) is 0 Å². The Morgan fingerprint density at radius 3 is 2.94 bits per heavy atom. The average Bonchev–Trinajstić information content (AvgIpc) is 2.29. The standard InChI is InChI=1S/C16H22O/c1-11-4-3-9-16(2)14(11)8-6-12-5-7-13(17)10-15(12)16/h5,7,10-11,14,17H,3-4,6,8-9H2,1-2H3/t11?,14?,16-/m0/s1. The number of hydrogen-bond acceptors (Lipinski definition) is 1. The van der Waals surface area contributed by atoms with Gasteiger partial charge >= 0.3 is 0 Å². The third kappa shape index (κ3) is 1.59. The van der Waals surface area contributed by atoms with Crippen molar-refractivity contribution in [2.45, 2.75) is 51.4 Å². The van der Waals surface area contributed by atoms with Gasteiger partial charge in [0.1, 0.15) is 5.75 Å². The molecule has 3 atom stereocenters. The summed E-state index contributed by atoms with van der Waals surface area (Å²) < 4.78 is 0. The zero-order valence-electron chi connectivity index (χ0n) is 10.9. The van der Waals surface area contributed by atoms with Gasteiger partial charge in [0.05, 0.1) is 0 Å². The van der Waals surface area contributed by atoms with Crippen molar-refractivity contribution in [3.63, 3.8) is 0 Å². The minimum absolute atomic E-state index is 0.310. The fourth-order valence-electron chi connectivity index (χ4n) is 4.37. The zero-order valence-corrected chi connectivity index (χ0v) is 10.9. The Hall–Kier alpha value is -0.980. The zero-order chi connectivity index (χ0) is 12.0. The number of hydrogen-bond donors (Lipinski definition) is 1. The molecular weight excluding hydrogens is 208 g/mol. The van der Waals surface area contributed by atoms with Gasteiger partial charge in [-0.3, -0.25) is 0 Å². The summed E-state index contributed by atoms with van der Waals surface area (Å²) in [5, 5.41) is 9.76. The van der Waals surface area contributed by atoms with Gasteiger partial charge in [0.25, 0.3) is 0 Å². The Morgan fingerprint density at radius 2 is 2.12 bits per heavy atom. The first-order chi connectivity index (χ1) is 8.11. The number of fused-ring (bicyclic) bond motifs is 3. The van der Waals surface area contributed by atoms with Crippen molar-refractivity contribution in [3.05, 3.63) is 29.3 Å². The van der Waals surface area contributed by atoms with Crippen molar-refractivity contribution in [2.75, 3.05) is 0 Å². The fraction of sp³-hybridized carbons (Fsp3) is 0.625. The highest BCUT2D eigenvalue weighted by Crippen LogP contribution is 2.52. The maximum absolute atomic E-state index is 9.76. The van der Waals surface area contributed by atoms with E-state index in [1.54, 1.807) is 0 Å². The van der Waals surface area contributed by atoms with Gasteiger partial charge in [0, 0.05) is 0 Å². The molecule has 0 amide bonds. The molecule has 2 unspecified atom stereocenters. The third-order valence-corrected chi connectivity index (χ3v) is 5.29. The first kappa shape index (κ1) is 11.1. The van der Waals surface area contributed by atoms with Gasteiger partial charge < -0.3 is 5.11 Å². The lowest BCUT2D eigenvalue weighted by Gasteiger charge is -2.49. The van der Waals surface area contributed by atoms with E-state index in [4.69, 9.17) is 0 Å².